The highest BCUT2D eigenvalue weighted by Crippen LogP contribution is 2.32. The molecule has 0 saturated carbocycles. The number of nitrogens with two attached hydrogens (primary N) is 1. The third-order valence-electron chi connectivity index (χ3n) is 3.67. The topological polar surface area (TPSA) is 55.9 Å². The van der Waals surface area contributed by atoms with Crippen molar-refractivity contribution in [3.8, 4) is 0 Å². The largest absolute Gasteiger partial charge is 0.271 e. The Morgan fingerprint density at radius 1 is 1.37 bits per heavy atom. The molecule has 1 rings (SSSR count). The van der Waals surface area contributed by atoms with Crippen LogP contribution in [0.5, 0.6) is 0 Å². The van der Waals surface area contributed by atoms with Crippen LogP contribution in [0.4, 0.5) is 0 Å². The van der Waals surface area contributed by atoms with Crippen LogP contribution in [-0.4, -0.2) is 9.78 Å². The molecule has 0 fully saturated rings. The lowest BCUT2D eigenvalue weighted by Gasteiger charge is -2.27. The Kier molecular flexibility index (Phi) is 7.64. The van der Waals surface area contributed by atoms with Crippen LogP contribution in [0.1, 0.15) is 64.6 Å². The smallest absolute Gasteiger partial charge is 0.0712 e. The summed E-state index contributed by atoms with van der Waals surface area (Å²) in [6.45, 7) is 7.57. The predicted molar refractivity (Wildman–Crippen MR) is 83.6 cm³/mol. The highest BCUT2D eigenvalue weighted by Gasteiger charge is 2.25. The predicted octanol–water partition coefficient (Wildman–Crippen LogP) is 3.78. The van der Waals surface area contributed by atoms with E-state index in [2.05, 4.69) is 51.9 Å². The van der Waals surface area contributed by atoms with Crippen LogP contribution >= 0.6 is 15.9 Å². The number of rotatable bonds is 9. The van der Waals surface area contributed by atoms with E-state index in [1.807, 2.05) is 6.20 Å². The molecule has 5 heteroatoms. The summed E-state index contributed by atoms with van der Waals surface area (Å²) in [6, 6.07) is 0.167. The molecular weight excluding hydrogens is 304 g/mol. The van der Waals surface area contributed by atoms with Crippen LogP contribution < -0.4 is 11.3 Å². The number of hydrazine groups is 1. The molecule has 0 bridgehead atoms. The van der Waals surface area contributed by atoms with Crippen LogP contribution in [0.2, 0.25) is 0 Å². The molecule has 19 heavy (non-hydrogen) atoms. The zero-order valence-electron chi connectivity index (χ0n) is 12.3. The monoisotopic (exact) mass is 330 g/mol. The van der Waals surface area contributed by atoms with Gasteiger partial charge in [-0.05, 0) is 34.7 Å². The van der Waals surface area contributed by atoms with E-state index in [9.17, 15) is 0 Å². The van der Waals surface area contributed by atoms with Gasteiger partial charge in [0.25, 0.3) is 0 Å². The second-order valence-corrected chi connectivity index (χ2v) is 5.91. The minimum atomic E-state index is 0.167. The molecule has 0 amide bonds. The van der Waals surface area contributed by atoms with Gasteiger partial charge in [-0.15, -0.1) is 0 Å². The minimum Gasteiger partial charge on any atom is -0.271 e. The van der Waals surface area contributed by atoms with Gasteiger partial charge in [0.15, 0.2) is 0 Å². The average Bonchev–Trinajstić information content (AvgIpc) is 2.77. The van der Waals surface area contributed by atoms with Crippen LogP contribution in [0.15, 0.2) is 10.7 Å². The average molecular weight is 331 g/mol. The lowest BCUT2D eigenvalue weighted by molar-refractivity contribution is 0.308. The molecule has 2 unspecified atom stereocenters. The molecular formula is C14H27BrN4. The zero-order valence-corrected chi connectivity index (χ0v) is 13.9. The fourth-order valence-electron chi connectivity index (χ4n) is 2.58. The van der Waals surface area contributed by atoms with Gasteiger partial charge in [-0.1, -0.05) is 40.0 Å². The van der Waals surface area contributed by atoms with E-state index < -0.39 is 0 Å². The first-order chi connectivity index (χ1) is 9.19. The number of halogens is 1. The van der Waals surface area contributed by atoms with E-state index >= 15 is 0 Å². The maximum absolute atomic E-state index is 5.83. The van der Waals surface area contributed by atoms with Crippen LogP contribution in [-0.2, 0) is 6.54 Å². The normalized spacial score (nSPS) is 14.6. The lowest BCUT2D eigenvalue weighted by atomic mass is 9.89. The first kappa shape index (κ1) is 16.7. The number of unbranched alkanes of at least 4 members (excludes halogenated alkanes) is 1. The zero-order chi connectivity index (χ0) is 14.3. The highest BCUT2D eigenvalue weighted by atomic mass is 79.9. The molecule has 0 saturated heterocycles. The quantitative estimate of drug-likeness (QED) is 0.535. The Balaban J connectivity index is 2.96. The number of aromatic nitrogens is 2. The van der Waals surface area contributed by atoms with Crippen molar-refractivity contribution in [2.24, 2.45) is 11.8 Å². The molecule has 0 spiro atoms. The van der Waals surface area contributed by atoms with Gasteiger partial charge < -0.3 is 0 Å². The molecule has 0 aromatic carbocycles. The van der Waals surface area contributed by atoms with E-state index in [-0.39, 0.29) is 6.04 Å². The summed E-state index contributed by atoms with van der Waals surface area (Å²) in [5.74, 6) is 6.38. The first-order valence-corrected chi connectivity index (χ1v) is 8.16. The van der Waals surface area contributed by atoms with E-state index in [0.717, 1.165) is 23.9 Å². The fourth-order valence-corrected chi connectivity index (χ4v) is 3.13. The first-order valence-electron chi connectivity index (χ1n) is 7.36. The standard InChI is InChI=1S/C14H27BrN4/c1-4-7-8-11(6-3)13(18-16)14-12(15)10-17-19(14)9-5-2/h10-11,13,18H,4-9,16H2,1-3H3. The van der Waals surface area contributed by atoms with Crippen LogP contribution in [0, 0.1) is 5.92 Å². The van der Waals surface area contributed by atoms with Gasteiger partial charge in [0.1, 0.15) is 0 Å². The third kappa shape index (κ3) is 4.29. The molecule has 0 aliphatic heterocycles. The summed E-state index contributed by atoms with van der Waals surface area (Å²) in [5.41, 5.74) is 4.20. The van der Waals surface area contributed by atoms with Crippen molar-refractivity contribution < 1.29 is 0 Å². The van der Waals surface area contributed by atoms with Crippen LogP contribution in [0.3, 0.4) is 0 Å². The van der Waals surface area contributed by atoms with Crippen molar-refractivity contribution in [2.45, 2.75) is 65.5 Å². The maximum atomic E-state index is 5.83. The van der Waals surface area contributed by atoms with Gasteiger partial charge in [0, 0.05) is 6.54 Å². The summed E-state index contributed by atoms with van der Waals surface area (Å²) in [6.07, 6.45) is 7.75. The highest BCUT2D eigenvalue weighted by molar-refractivity contribution is 9.10. The minimum absolute atomic E-state index is 0.167. The molecule has 4 nitrogen and oxygen atoms in total. The van der Waals surface area contributed by atoms with Gasteiger partial charge in [-0.2, -0.15) is 5.10 Å². The van der Waals surface area contributed by atoms with Crippen molar-refractivity contribution in [3.63, 3.8) is 0 Å². The molecule has 0 aliphatic rings. The number of hydrogen-bond donors (Lipinski definition) is 2. The number of hydrogen-bond acceptors (Lipinski definition) is 3. The summed E-state index contributed by atoms with van der Waals surface area (Å²) in [4.78, 5) is 0. The number of nitrogens with one attached hydrogen (secondary N) is 1. The molecule has 110 valence electrons. The molecule has 1 aromatic heterocycles. The van der Waals surface area contributed by atoms with Gasteiger partial charge in [0.2, 0.25) is 0 Å². The van der Waals surface area contributed by atoms with E-state index in [1.165, 1.54) is 25.0 Å². The Bertz CT molecular complexity index is 364. The van der Waals surface area contributed by atoms with Gasteiger partial charge >= 0.3 is 0 Å². The Morgan fingerprint density at radius 3 is 2.63 bits per heavy atom. The van der Waals surface area contributed by atoms with Crippen LogP contribution in [0.25, 0.3) is 0 Å². The van der Waals surface area contributed by atoms with Gasteiger partial charge in [-0.25, -0.2) is 0 Å². The maximum Gasteiger partial charge on any atom is 0.0712 e. The molecule has 1 heterocycles. The van der Waals surface area contributed by atoms with Crippen molar-refractivity contribution >= 4 is 15.9 Å². The van der Waals surface area contributed by atoms with E-state index in [0.29, 0.717) is 5.92 Å². The van der Waals surface area contributed by atoms with Gasteiger partial charge in [-0.3, -0.25) is 16.0 Å². The fraction of sp³-hybridized carbons (Fsp3) is 0.786. The molecule has 2 atom stereocenters. The third-order valence-corrected chi connectivity index (χ3v) is 4.28. The SMILES string of the molecule is CCCCC(CC)C(NN)c1c(Br)cnn1CCC. The molecule has 0 aliphatic carbocycles. The number of nitrogens with zero attached hydrogens (tertiary/aromatic N) is 2. The van der Waals surface area contributed by atoms with Crippen molar-refractivity contribution in [1.82, 2.24) is 15.2 Å². The van der Waals surface area contributed by atoms with E-state index in [4.69, 9.17) is 5.84 Å². The molecule has 0 radical (unpaired) electrons. The van der Waals surface area contributed by atoms with Crippen molar-refractivity contribution in [3.05, 3.63) is 16.4 Å². The Morgan fingerprint density at radius 2 is 2.11 bits per heavy atom. The Hall–Kier alpha value is -0.390. The van der Waals surface area contributed by atoms with Crippen molar-refractivity contribution in [2.75, 3.05) is 0 Å². The summed E-state index contributed by atoms with van der Waals surface area (Å²) >= 11 is 3.62. The van der Waals surface area contributed by atoms with Gasteiger partial charge in [0.05, 0.1) is 22.4 Å². The Labute approximate surface area is 125 Å². The molecule has 3 N–H and O–H groups in total. The molecule has 1 aromatic rings. The summed E-state index contributed by atoms with van der Waals surface area (Å²) < 4.78 is 3.13. The van der Waals surface area contributed by atoms with E-state index in [1.54, 1.807) is 0 Å². The summed E-state index contributed by atoms with van der Waals surface area (Å²) in [7, 11) is 0. The second-order valence-electron chi connectivity index (χ2n) is 5.06. The number of aryl methyl sites for hydroxylation is 1. The lowest BCUT2D eigenvalue weighted by Crippen LogP contribution is -2.35. The van der Waals surface area contributed by atoms with Crippen molar-refractivity contribution in [1.29, 1.82) is 0 Å². The summed E-state index contributed by atoms with van der Waals surface area (Å²) in [5, 5.41) is 4.45. The second kappa shape index (κ2) is 8.72.